The van der Waals surface area contributed by atoms with Gasteiger partial charge < -0.3 is 4.74 Å². The molecule has 0 bridgehead atoms. The third-order valence-corrected chi connectivity index (χ3v) is 9.19. The Hall–Kier alpha value is -1.90. The Labute approximate surface area is 211 Å². The Kier molecular flexibility index (Phi) is 7.93. The number of halogens is 2. The molecular weight excluding hydrogens is 438 g/mol. The molecule has 4 rings (SSSR count). The molecule has 0 amide bonds. The van der Waals surface area contributed by atoms with Gasteiger partial charge >= 0.3 is 6.11 Å². The molecule has 0 N–H and O–H groups in total. The summed E-state index contributed by atoms with van der Waals surface area (Å²) in [5, 5.41) is 0. The van der Waals surface area contributed by atoms with Gasteiger partial charge in [-0.05, 0) is 142 Å². The van der Waals surface area contributed by atoms with Crippen LogP contribution in [0.3, 0.4) is 0 Å². The first kappa shape index (κ1) is 26.2. The zero-order chi connectivity index (χ0) is 25.3. The van der Waals surface area contributed by atoms with Crippen LogP contribution in [0.4, 0.5) is 8.78 Å². The third kappa shape index (κ3) is 5.75. The lowest BCUT2D eigenvalue weighted by Gasteiger charge is -2.37. The molecule has 1 nitrogen and oxygen atoms in total. The van der Waals surface area contributed by atoms with Crippen molar-refractivity contribution in [2.24, 2.45) is 17.8 Å². The molecule has 0 aliphatic heterocycles. The minimum Gasteiger partial charge on any atom is -0.429 e. The molecule has 2 aliphatic rings. The topological polar surface area (TPSA) is 9.23 Å². The molecule has 2 aromatic carbocycles. The molecule has 2 fully saturated rings. The van der Waals surface area contributed by atoms with E-state index in [9.17, 15) is 0 Å². The summed E-state index contributed by atoms with van der Waals surface area (Å²) in [6, 6.07) is 7.50. The van der Waals surface area contributed by atoms with Gasteiger partial charge in [-0.1, -0.05) is 38.8 Å². The van der Waals surface area contributed by atoms with Gasteiger partial charge in [-0.25, -0.2) is 0 Å². The van der Waals surface area contributed by atoms with E-state index in [-0.39, 0.29) is 11.3 Å². The number of aryl methyl sites for hydroxylation is 4. The van der Waals surface area contributed by atoms with E-state index >= 15 is 8.78 Å². The lowest BCUT2D eigenvalue weighted by Crippen LogP contribution is -2.26. The predicted molar refractivity (Wildman–Crippen MR) is 142 cm³/mol. The van der Waals surface area contributed by atoms with E-state index in [4.69, 9.17) is 4.74 Å². The maximum Gasteiger partial charge on any atom is 0.427 e. The summed E-state index contributed by atoms with van der Waals surface area (Å²) in [7, 11) is 0. The van der Waals surface area contributed by atoms with Crippen LogP contribution in [0.1, 0.15) is 110 Å². The minimum atomic E-state index is -3.37. The lowest BCUT2D eigenvalue weighted by molar-refractivity contribution is -0.186. The van der Waals surface area contributed by atoms with Crippen LogP contribution in [-0.2, 0) is 12.5 Å². The Morgan fingerprint density at radius 3 is 1.86 bits per heavy atom. The van der Waals surface area contributed by atoms with E-state index in [1.165, 1.54) is 56.9 Å². The number of hydrogen-bond donors (Lipinski definition) is 0. The number of alkyl halides is 2. The summed E-state index contributed by atoms with van der Waals surface area (Å²) in [6.45, 7) is 12.0. The summed E-state index contributed by atoms with van der Waals surface area (Å²) in [4.78, 5) is 0. The second-order valence-electron chi connectivity index (χ2n) is 11.7. The number of benzene rings is 2. The number of rotatable bonds is 6. The zero-order valence-corrected chi connectivity index (χ0v) is 22.6. The average molecular weight is 483 g/mol. The van der Waals surface area contributed by atoms with Crippen LogP contribution in [0.2, 0.25) is 0 Å². The molecule has 0 unspecified atom stereocenters. The van der Waals surface area contributed by atoms with Crippen LogP contribution in [0, 0.1) is 45.4 Å². The fourth-order valence-corrected chi connectivity index (χ4v) is 6.89. The molecule has 192 valence electrons. The van der Waals surface area contributed by atoms with Crippen molar-refractivity contribution in [2.45, 2.75) is 111 Å². The van der Waals surface area contributed by atoms with E-state index in [1.54, 1.807) is 12.1 Å². The molecule has 3 heteroatoms. The van der Waals surface area contributed by atoms with Gasteiger partial charge in [0.1, 0.15) is 5.75 Å². The third-order valence-electron chi connectivity index (χ3n) is 9.19. The van der Waals surface area contributed by atoms with Gasteiger partial charge in [0, 0.05) is 0 Å². The van der Waals surface area contributed by atoms with Gasteiger partial charge in [-0.2, -0.15) is 8.78 Å². The lowest BCUT2D eigenvalue weighted by atomic mass is 9.68. The molecule has 0 radical (unpaired) electrons. The highest BCUT2D eigenvalue weighted by molar-refractivity contribution is 5.44. The standard InChI is InChI=1S/C32H44F2O/c1-7-25-19-30(18-21(3)24(25)6)35-32(33,34)31-22(4)16-29(17-23(31)5)28-14-12-27(13-15-28)26-10-8-20(2)9-11-26/h16-20,26-28H,7-15H2,1-6H3. The molecule has 0 saturated heterocycles. The average Bonchev–Trinajstić information content (AvgIpc) is 2.81. The minimum absolute atomic E-state index is 0.0162. The largest absolute Gasteiger partial charge is 0.429 e. The predicted octanol–water partition coefficient (Wildman–Crippen LogP) is 9.71. The van der Waals surface area contributed by atoms with Crippen molar-refractivity contribution in [2.75, 3.05) is 0 Å². The molecule has 35 heavy (non-hydrogen) atoms. The quantitative estimate of drug-likeness (QED) is 0.398. The number of hydrogen-bond acceptors (Lipinski definition) is 1. The monoisotopic (exact) mass is 482 g/mol. The fraction of sp³-hybridized carbons (Fsp3) is 0.625. The SMILES string of the molecule is CCc1cc(OC(F)(F)c2c(C)cc(C3CCC(C4CCC(C)CC4)CC3)cc2C)cc(C)c1C. The first-order valence-corrected chi connectivity index (χ1v) is 13.9. The summed E-state index contributed by atoms with van der Waals surface area (Å²) < 4.78 is 36.3. The van der Waals surface area contributed by atoms with Crippen LogP contribution in [0.5, 0.6) is 5.75 Å². The van der Waals surface area contributed by atoms with Crippen molar-refractivity contribution in [3.8, 4) is 5.75 Å². The second-order valence-corrected chi connectivity index (χ2v) is 11.7. The van der Waals surface area contributed by atoms with E-state index in [2.05, 4.69) is 6.92 Å². The fourth-order valence-electron chi connectivity index (χ4n) is 6.89. The van der Waals surface area contributed by atoms with E-state index in [0.29, 0.717) is 17.0 Å². The Morgan fingerprint density at radius 1 is 0.771 bits per heavy atom. The van der Waals surface area contributed by atoms with Gasteiger partial charge in [-0.3, -0.25) is 0 Å². The highest BCUT2D eigenvalue weighted by atomic mass is 19.3. The Balaban J connectivity index is 1.47. The van der Waals surface area contributed by atoms with Gasteiger partial charge in [-0.15, -0.1) is 0 Å². The Bertz CT molecular complexity index is 1000. The van der Waals surface area contributed by atoms with Crippen LogP contribution in [-0.4, -0.2) is 0 Å². The zero-order valence-electron chi connectivity index (χ0n) is 22.6. The molecule has 0 atom stereocenters. The van der Waals surface area contributed by atoms with Crippen molar-refractivity contribution in [3.05, 3.63) is 63.2 Å². The smallest absolute Gasteiger partial charge is 0.427 e. The van der Waals surface area contributed by atoms with Crippen molar-refractivity contribution >= 4 is 0 Å². The van der Waals surface area contributed by atoms with Gasteiger partial charge in [0.2, 0.25) is 0 Å². The normalized spacial score (nSPS) is 25.5. The highest BCUT2D eigenvalue weighted by Gasteiger charge is 2.39. The van der Waals surface area contributed by atoms with Crippen LogP contribution >= 0.6 is 0 Å². The van der Waals surface area contributed by atoms with Crippen molar-refractivity contribution < 1.29 is 13.5 Å². The molecule has 0 aromatic heterocycles. The van der Waals surface area contributed by atoms with Gasteiger partial charge in [0.05, 0.1) is 5.56 Å². The van der Waals surface area contributed by atoms with Crippen LogP contribution in [0.25, 0.3) is 0 Å². The van der Waals surface area contributed by atoms with E-state index in [0.717, 1.165) is 40.9 Å². The van der Waals surface area contributed by atoms with E-state index < -0.39 is 6.11 Å². The molecular formula is C32H44F2O. The van der Waals surface area contributed by atoms with Gasteiger partial charge in [0.25, 0.3) is 0 Å². The summed E-state index contributed by atoms with van der Waals surface area (Å²) in [5.41, 5.74) is 5.70. The first-order valence-electron chi connectivity index (χ1n) is 13.9. The molecule has 0 spiro atoms. The number of ether oxygens (including phenoxy) is 1. The van der Waals surface area contributed by atoms with Crippen molar-refractivity contribution in [3.63, 3.8) is 0 Å². The molecule has 2 saturated carbocycles. The van der Waals surface area contributed by atoms with Crippen molar-refractivity contribution in [1.29, 1.82) is 0 Å². The molecule has 0 heterocycles. The molecule has 2 aliphatic carbocycles. The van der Waals surface area contributed by atoms with Crippen molar-refractivity contribution in [1.82, 2.24) is 0 Å². The maximum absolute atomic E-state index is 15.5. The van der Waals surface area contributed by atoms with Gasteiger partial charge in [0.15, 0.2) is 0 Å². The van der Waals surface area contributed by atoms with E-state index in [1.807, 2.05) is 46.8 Å². The molecule has 2 aromatic rings. The summed E-state index contributed by atoms with van der Waals surface area (Å²) in [6.07, 6.45) is 7.96. The summed E-state index contributed by atoms with van der Waals surface area (Å²) in [5.74, 6) is 3.41. The Morgan fingerprint density at radius 2 is 1.31 bits per heavy atom. The maximum atomic E-state index is 15.5. The van der Waals surface area contributed by atoms with Crippen LogP contribution < -0.4 is 4.74 Å². The first-order chi connectivity index (χ1) is 16.6. The second kappa shape index (κ2) is 10.6. The van der Waals surface area contributed by atoms with Crippen LogP contribution in [0.15, 0.2) is 24.3 Å². The highest BCUT2D eigenvalue weighted by Crippen LogP contribution is 2.45. The summed E-state index contributed by atoms with van der Waals surface area (Å²) >= 11 is 0.